The van der Waals surface area contributed by atoms with E-state index in [4.69, 9.17) is 0 Å². The number of aromatic nitrogens is 2. The molecule has 3 aromatic carbocycles. The highest BCUT2D eigenvalue weighted by atomic mass is 32.1. The third-order valence-corrected chi connectivity index (χ3v) is 5.93. The monoisotopic (exact) mass is 423 g/mol. The van der Waals surface area contributed by atoms with Gasteiger partial charge in [0.15, 0.2) is 0 Å². The summed E-state index contributed by atoms with van der Waals surface area (Å²) >= 11 is 1.56. The molecule has 0 radical (unpaired) electrons. The first-order valence-electron chi connectivity index (χ1n) is 9.67. The molecule has 31 heavy (non-hydrogen) atoms. The third-order valence-electron chi connectivity index (χ3n) is 5.05. The quantitative estimate of drug-likeness (QED) is 0.339. The van der Waals surface area contributed by atoms with E-state index in [-0.39, 0.29) is 5.56 Å². The molecule has 0 atom stereocenters. The van der Waals surface area contributed by atoms with E-state index < -0.39 is 5.97 Å². The van der Waals surface area contributed by atoms with Crippen molar-refractivity contribution in [2.75, 3.05) is 5.32 Å². The zero-order chi connectivity index (χ0) is 21.2. The molecule has 0 saturated carbocycles. The molecular weight excluding hydrogens is 406 g/mol. The molecule has 0 aliphatic carbocycles. The third kappa shape index (κ3) is 3.76. The predicted molar refractivity (Wildman–Crippen MR) is 125 cm³/mol. The molecule has 5 nitrogen and oxygen atoms in total. The van der Waals surface area contributed by atoms with Gasteiger partial charge in [-0.05, 0) is 34.9 Å². The number of carbonyl (C=O) groups is 1. The Morgan fingerprint density at radius 2 is 1.58 bits per heavy atom. The second-order valence-electron chi connectivity index (χ2n) is 7.01. The summed E-state index contributed by atoms with van der Waals surface area (Å²) in [6.07, 6.45) is 1.52. The fraction of sp³-hybridized carbons (Fsp3) is 0. The summed E-state index contributed by atoms with van der Waals surface area (Å²) in [6.45, 7) is 0. The van der Waals surface area contributed by atoms with Crippen molar-refractivity contribution < 1.29 is 9.90 Å². The Bertz CT molecular complexity index is 1380. The number of anilines is 2. The molecule has 0 aliphatic heterocycles. The van der Waals surface area contributed by atoms with E-state index in [1.165, 1.54) is 11.9 Å². The van der Waals surface area contributed by atoms with Gasteiger partial charge in [0.2, 0.25) is 0 Å². The van der Waals surface area contributed by atoms with Crippen LogP contribution in [0.15, 0.2) is 90.6 Å². The van der Waals surface area contributed by atoms with Crippen LogP contribution in [-0.2, 0) is 0 Å². The van der Waals surface area contributed by atoms with Crippen molar-refractivity contribution in [3.63, 3.8) is 0 Å². The highest BCUT2D eigenvalue weighted by molar-refractivity contribution is 7.17. The molecule has 6 heteroatoms. The molecule has 0 fully saturated rings. The molecule has 0 saturated heterocycles. The Labute approximate surface area is 182 Å². The first kappa shape index (κ1) is 19.0. The normalized spacial score (nSPS) is 10.8. The first-order chi connectivity index (χ1) is 15.2. The van der Waals surface area contributed by atoms with E-state index >= 15 is 0 Å². The van der Waals surface area contributed by atoms with Crippen LogP contribution in [0.3, 0.4) is 0 Å². The van der Waals surface area contributed by atoms with E-state index in [0.717, 1.165) is 26.9 Å². The lowest BCUT2D eigenvalue weighted by atomic mass is 10.0. The summed E-state index contributed by atoms with van der Waals surface area (Å²) < 4.78 is 0. The van der Waals surface area contributed by atoms with Gasteiger partial charge in [-0.3, -0.25) is 0 Å². The molecular formula is C25H17N3O2S. The number of benzene rings is 3. The van der Waals surface area contributed by atoms with E-state index in [2.05, 4.69) is 57.1 Å². The van der Waals surface area contributed by atoms with Crippen molar-refractivity contribution in [1.82, 2.24) is 9.97 Å². The van der Waals surface area contributed by atoms with Crippen molar-refractivity contribution in [2.45, 2.75) is 0 Å². The van der Waals surface area contributed by atoms with Crippen LogP contribution < -0.4 is 5.32 Å². The van der Waals surface area contributed by atoms with Crippen LogP contribution >= 0.6 is 11.3 Å². The molecule has 2 aromatic heterocycles. The fourth-order valence-corrected chi connectivity index (χ4v) is 4.44. The van der Waals surface area contributed by atoms with Crippen molar-refractivity contribution in [3.8, 4) is 22.3 Å². The van der Waals surface area contributed by atoms with Gasteiger partial charge in [-0.1, -0.05) is 60.7 Å². The number of rotatable bonds is 5. The zero-order valence-electron chi connectivity index (χ0n) is 16.3. The van der Waals surface area contributed by atoms with E-state index in [1.807, 2.05) is 24.3 Å². The Hall–Kier alpha value is -4.03. The number of nitrogens with one attached hydrogen (secondary N) is 1. The van der Waals surface area contributed by atoms with Crippen LogP contribution in [0.5, 0.6) is 0 Å². The molecule has 5 rings (SSSR count). The summed E-state index contributed by atoms with van der Waals surface area (Å²) in [6, 6.07) is 25.4. The van der Waals surface area contributed by atoms with Gasteiger partial charge < -0.3 is 10.4 Å². The van der Waals surface area contributed by atoms with Crippen molar-refractivity contribution in [3.05, 3.63) is 96.1 Å². The van der Waals surface area contributed by atoms with Crippen LogP contribution in [0.1, 0.15) is 10.4 Å². The summed E-state index contributed by atoms with van der Waals surface area (Å²) in [5.41, 5.74) is 5.33. The van der Waals surface area contributed by atoms with Crippen molar-refractivity contribution >= 4 is 39.0 Å². The van der Waals surface area contributed by atoms with Gasteiger partial charge in [0.25, 0.3) is 0 Å². The van der Waals surface area contributed by atoms with Crippen molar-refractivity contribution in [2.24, 2.45) is 0 Å². The summed E-state index contributed by atoms with van der Waals surface area (Å²) in [4.78, 5) is 21.0. The lowest BCUT2D eigenvalue weighted by Crippen LogP contribution is -1.99. The van der Waals surface area contributed by atoms with Gasteiger partial charge in [0, 0.05) is 16.6 Å². The lowest BCUT2D eigenvalue weighted by molar-refractivity contribution is 0.0697. The van der Waals surface area contributed by atoms with E-state index in [0.29, 0.717) is 11.5 Å². The van der Waals surface area contributed by atoms with Crippen LogP contribution in [0.4, 0.5) is 11.5 Å². The highest BCUT2D eigenvalue weighted by Gasteiger charge is 2.14. The van der Waals surface area contributed by atoms with Gasteiger partial charge in [-0.2, -0.15) is 0 Å². The second kappa shape index (κ2) is 8.01. The summed E-state index contributed by atoms with van der Waals surface area (Å²) in [5, 5.41) is 15.5. The minimum atomic E-state index is -0.966. The fourth-order valence-electron chi connectivity index (χ4n) is 3.52. The minimum absolute atomic E-state index is 0.220. The average molecular weight is 423 g/mol. The summed E-state index contributed by atoms with van der Waals surface area (Å²) in [7, 11) is 0. The standard InChI is InChI=1S/C25H17N3O2S/c29-25(30)19-7-4-8-20(13-19)28-23-22-21(14-31-24(22)27-15-26-23)18-11-9-17(10-12-18)16-5-2-1-3-6-16/h1-15H,(H,29,30)(H,26,27,28). The number of hydrogen-bond acceptors (Lipinski definition) is 5. The zero-order valence-corrected chi connectivity index (χ0v) is 17.1. The first-order valence-corrected chi connectivity index (χ1v) is 10.6. The van der Waals surface area contributed by atoms with Crippen LogP contribution in [-0.4, -0.2) is 21.0 Å². The van der Waals surface area contributed by atoms with Gasteiger partial charge in [0.1, 0.15) is 17.0 Å². The largest absolute Gasteiger partial charge is 0.478 e. The topological polar surface area (TPSA) is 75.1 Å². The molecule has 0 amide bonds. The summed E-state index contributed by atoms with van der Waals surface area (Å²) in [5.74, 6) is -0.317. The average Bonchev–Trinajstić information content (AvgIpc) is 3.25. The van der Waals surface area contributed by atoms with Gasteiger partial charge in [0.05, 0.1) is 10.9 Å². The number of aromatic carboxylic acids is 1. The van der Waals surface area contributed by atoms with Crippen molar-refractivity contribution in [1.29, 1.82) is 0 Å². The smallest absolute Gasteiger partial charge is 0.335 e. The Kier molecular flexibility index (Phi) is 4.90. The molecule has 150 valence electrons. The van der Waals surface area contributed by atoms with Crippen LogP contribution in [0, 0.1) is 0 Å². The minimum Gasteiger partial charge on any atom is -0.478 e. The maximum atomic E-state index is 11.3. The molecule has 2 heterocycles. The van der Waals surface area contributed by atoms with E-state index in [1.54, 1.807) is 29.5 Å². The highest BCUT2D eigenvalue weighted by Crippen LogP contribution is 2.38. The Morgan fingerprint density at radius 1 is 0.839 bits per heavy atom. The number of thiophene rings is 1. The molecule has 2 N–H and O–H groups in total. The van der Waals surface area contributed by atoms with E-state index in [9.17, 15) is 9.90 Å². The molecule has 0 spiro atoms. The van der Waals surface area contributed by atoms with Gasteiger partial charge in [-0.15, -0.1) is 11.3 Å². The molecule has 0 bridgehead atoms. The van der Waals surface area contributed by atoms with Gasteiger partial charge >= 0.3 is 5.97 Å². The SMILES string of the molecule is O=C(O)c1cccc(Nc2ncnc3scc(-c4ccc(-c5ccccc5)cc4)c23)c1. The lowest BCUT2D eigenvalue weighted by Gasteiger charge is -2.09. The maximum absolute atomic E-state index is 11.3. The maximum Gasteiger partial charge on any atom is 0.335 e. The second-order valence-corrected chi connectivity index (χ2v) is 7.86. The number of fused-ring (bicyclic) bond motifs is 1. The molecule has 0 unspecified atom stereocenters. The molecule has 0 aliphatic rings. The predicted octanol–water partition coefficient (Wildman–Crippen LogP) is 6.47. The Balaban J connectivity index is 1.54. The van der Waals surface area contributed by atoms with Gasteiger partial charge in [-0.25, -0.2) is 14.8 Å². The number of carboxylic acid groups (broad SMARTS) is 1. The molecule has 5 aromatic rings. The number of hydrogen-bond donors (Lipinski definition) is 2. The number of nitrogens with zero attached hydrogens (tertiary/aromatic N) is 2. The Morgan fingerprint density at radius 3 is 2.35 bits per heavy atom. The number of carboxylic acids is 1. The van der Waals surface area contributed by atoms with Crippen LogP contribution in [0.25, 0.3) is 32.5 Å². The van der Waals surface area contributed by atoms with Crippen LogP contribution in [0.2, 0.25) is 0 Å².